The van der Waals surface area contributed by atoms with Gasteiger partial charge in [0.15, 0.2) is 0 Å². The van der Waals surface area contributed by atoms with Gasteiger partial charge in [-0.15, -0.1) is 0 Å². The molecule has 4 heteroatoms. The van der Waals surface area contributed by atoms with E-state index in [1.807, 2.05) is 0 Å². The highest BCUT2D eigenvalue weighted by Crippen LogP contribution is 2.39. The average molecular weight is 212 g/mol. The second kappa shape index (κ2) is 3.73. The second-order valence-electron chi connectivity index (χ2n) is 3.81. The molecule has 1 heterocycles. The summed E-state index contributed by atoms with van der Waals surface area (Å²) in [4.78, 5) is 7.72. The Kier molecular flexibility index (Phi) is 2.59. The van der Waals surface area contributed by atoms with Gasteiger partial charge in [-0.1, -0.05) is 6.42 Å². The highest BCUT2D eigenvalue weighted by atomic mass is 35.5. The number of aromatic nitrogens is 2. The molecule has 1 fully saturated rings. The molecule has 1 aliphatic rings. The standard InChI is InChI=1S/C10H12ClN2O/c1-10(4-2-5-10)7-14-8-3-6-12-9(11)13-8/h3,6H,1-2,4-5,7H2. The lowest BCUT2D eigenvalue weighted by molar-refractivity contribution is 0.101. The summed E-state index contributed by atoms with van der Waals surface area (Å²) in [5.41, 5.74) is 0.0947. The van der Waals surface area contributed by atoms with Crippen molar-refractivity contribution in [2.24, 2.45) is 5.41 Å². The molecule has 75 valence electrons. The Morgan fingerprint density at radius 1 is 1.57 bits per heavy atom. The van der Waals surface area contributed by atoms with Crippen LogP contribution < -0.4 is 4.74 Å². The van der Waals surface area contributed by atoms with E-state index < -0.39 is 0 Å². The summed E-state index contributed by atoms with van der Waals surface area (Å²) in [6.07, 6.45) is 5.09. The van der Waals surface area contributed by atoms with Crippen molar-refractivity contribution in [1.29, 1.82) is 0 Å². The van der Waals surface area contributed by atoms with E-state index in [4.69, 9.17) is 16.3 Å². The Hall–Kier alpha value is -0.830. The molecule has 0 bridgehead atoms. The summed E-state index contributed by atoms with van der Waals surface area (Å²) in [5.74, 6) is 0.528. The van der Waals surface area contributed by atoms with Crippen LogP contribution >= 0.6 is 11.6 Å². The molecule has 0 atom stereocenters. The first-order valence-electron chi connectivity index (χ1n) is 4.65. The fourth-order valence-electron chi connectivity index (χ4n) is 1.45. The monoisotopic (exact) mass is 211 g/mol. The second-order valence-corrected chi connectivity index (χ2v) is 4.14. The maximum absolute atomic E-state index is 5.62. The Morgan fingerprint density at radius 3 is 2.93 bits per heavy atom. The van der Waals surface area contributed by atoms with Gasteiger partial charge in [0.2, 0.25) is 11.2 Å². The summed E-state index contributed by atoms with van der Waals surface area (Å²) in [7, 11) is 0. The Labute approximate surface area is 88.5 Å². The van der Waals surface area contributed by atoms with Crippen LogP contribution in [0.2, 0.25) is 5.28 Å². The van der Waals surface area contributed by atoms with Gasteiger partial charge in [-0.2, -0.15) is 4.98 Å². The molecule has 0 saturated heterocycles. The molecule has 0 aliphatic heterocycles. The zero-order chi connectivity index (χ0) is 10.0. The minimum Gasteiger partial charge on any atom is -0.477 e. The molecular formula is C10H12ClN2O. The number of hydrogen-bond donors (Lipinski definition) is 0. The van der Waals surface area contributed by atoms with E-state index in [9.17, 15) is 0 Å². The number of hydrogen-bond acceptors (Lipinski definition) is 3. The van der Waals surface area contributed by atoms with E-state index >= 15 is 0 Å². The van der Waals surface area contributed by atoms with Gasteiger partial charge < -0.3 is 4.74 Å². The molecule has 0 N–H and O–H groups in total. The summed E-state index contributed by atoms with van der Waals surface area (Å²) in [5, 5.41) is 0.217. The van der Waals surface area contributed by atoms with Crippen LogP contribution in [-0.4, -0.2) is 16.6 Å². The summed E-state index contributed by atoms with van der Waals surface area (Å²) in [6, 6.07) is 1.70. The fraction of sp³-hybridized carbons (Fsp3) is 0.500. The molecule has 0 aromatic carbocycles. The van der Waals surface area contributed by atoms with Gasteiger partial charge in [-0.25, -0.2) is 4.98 Å². The first-order valence-corrected chi connectivity index (χ1v) is 5.02. The largest absolute Gasteiger partial charge is 0.477 e. The van der Waals surface area contributed by atoms with Crippen LogP contribution in [0.25, 0.3) is 0 Å². The highest BCUT2D eigenvalue weighted by Gasteiger charge is 2.32. The highest BCUT2D eigenvalue weighted by molar-refractivity contribution is 6.28. The zero-order valence-electron chi connectivity index (χ0n) is 7.87. The lowest BCUT2D eigenvalue weighted by Crippen LogP contribution is -2.32. The zero-order valence-corrected chi connectivity index (χ0v) is 8.63. The third kappa shape index (κ3) is 2.15. The molecule has 14 heavy (non-hydrogen) atoms. The molecule has 1 aromatic rings. The predicted octanol–water partition coefficient (Wildman–Crippen LogP) is 2.51. The maximum atomic E-state index is 5.62. The van der Waals surface area contributed by atoms with E-state index in [1.165, 1.54) is 6.42 Å². The molecule has 0 spiro atoms. The molecule has 0 amide bonds. The maximum Gasteiger partial charge on any atom is 0.225 e. The van der Waals surface area contributed by atoms with Gasteiger partial charge in [0.25, 0.3) is 0 Å². The van der Waals surface area contributed by atoms with E-state index in [2.05, 4.69) is 16.9 Å². The number of halogens is 1. The van der Waals surface area contributed by atoms with E-state index in [-0.39, 0.29) is 10.7 Å². The quantitative estimate of drug-likeness (QED) is 0.721. The molecule has 1 saturated carbocycles. The first-order chi connectivity index (χ1) is 6.68. The topological polar surface area (TPSA) is 35.0 Å². The van der Waals surface area contributed by atoms with E-state index in [0.717, 1.165) is 12.8 Å². The van der Waals surface area contributed by atoms with Crippen molar-refractivity contribution in [3.8, 4) is 5.88 Å². The lowest BCUT2D eigenvalue weighted by Gasteiger charge is -2.37. The van der Waals surface area contributed by atoms with Crippen molar-refractivity contribution in [2.75, 3.05) is 6.61 Å². The van der Waals surface area contributed by atoms with Crippen molar-refractivity contribution in [3.05, 3.63) is 24.5 Å². The number of nitrogens with zero attached hydrogens (tertiary/aromatic N) is 2. The van der Waals surface area contributed by atoms with Crippen molar-refractivity contribution in [1.82, 2.24) is 9.97 Å². The fourth-order valence-corrected chi connectivity index (χ4v) is 1.59. The van der Waals surface area contributed by atoms with E-state index in [0.29, 0.717) is 12.5 Å². The molecule has 1 radical (unpaired) electrons. The van der Waals surface area contributed by atoms with Crippen molar-refractivity contribution in [2.45, 2.75) is 19.3 Å². The van der Waals surface area contributed by atoms with Crippen LogP contribution in [0, 0.1) is 12.3 Å². The van der Waals surface area contributed by atoms with Gasteiger partial charge >= 0.3 is 0 Å². The smallest absolute Gasteiger partial charge is 0.225 e. The van der Waals surface area contributed by atoms with Crippen LogP contribution in [0.1, 0.15) is 19.3 Å². The molecule has 0 unspecified atom stereocenters. The van der Waals surface area contributed by atoms with Crippen LogP contribution in [0.4, 0.5) is 0 Å². The van der Waals surface area contributed by atoms with E-state index in [1.54, 1.807) is 12.3 Å². The first kappa shape index (κ1) is 9.71. The van der Waals surface area contributed by atoms with Crippen LogP contribution in [-0.2, 0) is 0 Å². The molecular weight excluding hydrogens is 200 g/mol. The Balaban J connectivity index is 1.91. The van der Waals surface area contributed by atoms with Crippen LogP contribution in [0.5, 0.6) is 5.88 Å². The van der Waals surface area contributed by atoms with Gasteiger partial charge in [0.05, 0.1) is 6.61 Å². The minimum absolute atomic E-state index is 0.0947. The van der Waals surface area contributed by atoms with Crippen LogP contribution in [0.15, 0.2) is 12.3 Å². The molecule has 1 aliphatic carbocycles. The lowest BCUT2D eigenvalue weighted by atomic mass is 9.71. The summed E-state index contributed by atoms with van der Waals surface area (Å²) < 4.78 is 5.50. The van der Waals surface area contributed by atoms with Gasteiger partial charge in [-0.3, -0.25) is 0 Å². The third-order valence-electron chi connectivity index (χ3n) is 2.54. The minimum atomic E-state index is 0.0947. The summed E-state index contributed by atoms with van der Waals surface area (Å²) in [6.45, 7) is 4.72. The third-order valence-corrected chi connectivity index (χ3v) is 2.72. The normalized spacial score (nSPS) is 18.7. The van der Waals surface area contributed by atoms with Gasteiger partial charge in [-0.05, 0) is 31.4 Å². The van der Waals surface area contributed by atoms with Gasteiger partial charge in [0.1, 0.15) is 0 Å². The van der Waals surface area contributed by atoms with Crippen molar-refractivity contribution >= 4 is 11.6 Å². The molecule has 3 nitrogen and oxygen atoms in total. The Morgan fingerprint density at radius 2 is 2.36 bits per heavy atom. The number of rotatable bonds is 3. The van der Waals surface area contributed by atoms with Crippen molar-refractivity contribution < 1.29 is 4.74 Å². The predicted molar refractivity (Wildman–Crippen MR) is 54.2 cm³/mol. The molecule has 1 aromatic heterocycles. The SMILES string of the molecule is [CH2]C1(COc2ccnc(Cl)n2)CCC1. The summed E-state index contributed by atoms with van der Waals surface area (Å²) >= 11 is 5.62. The Bertz CT molecular complexity index is 326. The number of ether oxygens (including phenoxy) is 1. The average Bonchev–Trinajstić information content (AvgIpc) is 2.12. The van der Waals surface area contributed by atoms with Gasteiger partial charge in [0, 0.05) is 17.7 Å². The van der Waals surface area contributed by atoms with Crippen molar-refractivity contribution in [3.63, 3.8) is 0 Å². The molecule has 2 rings (SSSR count). The van der Waals surface area contributed by atoms with Crippen LogP contribution in [0.3, 0.4) is 0 Å².